The van der Waals surface area contributed by atoms with E-state index in [0.29, 0.717) is 13.0 Å². The van der Waals surface area contributed by atoms with Crippen LogP contribution in [0, 0.1) is 18.3 Å². The van der Waals surface area contributed by atoms with E-state index < -0.39 is 0 Å². The average molecular weight is 291 g/mol. The molecule has 2 N–H and O–H groups in total. The molecule has 0 spiro atoms. The van der Waals surface area contributed by atoms with Gasteiger partial charge in [0.1, 0.15) is 0 Å². The highest BCUT2D eigenvalue weighted by molar-refractivity contribution is 5.78. The van der Waals surface area contributed by atoms with Gasteiger partial charge in [-0.2, -0.15) is 0 Å². The second-order valence-electron chi connectivity index (χ2n) is 7.03. The molecule has 21 heavy (non-hydrogen) atoms. The van der Waals surface area contributed by atoms with Crippen molar-refractivity contribution in [3.63, 3.8) is 0 Å². The molecular weight excluding hydrogens is 262 g/mol. The number of rotatable bonds is 7. The fourth-order valence-electron chi connectivity index (χ4n) is 2.54. The van der Waals surface area contributed by atoms with Crippen LogP contribution < -0.4 is 5.32 Å². The predicted molar refractivity (Wildman–Crippen MR) is 87.1 cm³/mol. The maximum Gasteiger partial charge on any atom is 0.223 e. The lowest BCUT2D eigenvalue weighted by Crippen LogP contribution is -2.38. The van der Waals surface area contributed by atoms with Crippen LogP contribution in [0.3, 0.4) is 0 Å². The summed E-state index contributed by atoms with van der Waals surface area (Å²) < 4.78 is 0. The summed E-state index contributed by atoms with van der Waals surface area (Å²) in [7, 11) is 0. The fraction of sp³-hybridized carbons (Fsp3) is 0.611. The third-order valence-corrected chi connectivity index (χ3v) is 3.70. The van der Waals surface area contributed by atoms with Crippen LogP contribution in [0.2, 0.25) is 0 Å². The summed E-state index contributed by atoms with van der Waals surface area (Å²) in [5, 5.41) is 12.5. The monoisotopic (exact) mass is 291 g/mol. The molecule has 0 aliphatic rings. The summed E-state index contributed by atoms with van der Waals surface area (Å²) in [6.45, 7) is 10.5. The summed E-state index contributed by atoms with van der Waals surface area (Å²) in [5.41, 5.74) is 2.33. The Morgan fingerprint density at radius 2 is 1.81 bits per heavy atom. The van der Waals surface area contributed by atoms with E-state index >= 15 is 0 Å². The van der Waals surface area contributed by atoms with E-state index in [2.05, 4.69) is 50.4 Å². The number of aliphatic hydroxyl groups excluding tert-OH is 1. The summed E-state index contributed by atoms with van der Waals surface area (Å²) in [6, 6.07) is 8.31. The zero-order valence-electron chi connectivity index (χ0n) is 13.9. The lowest BCUT2D eigenvalue weighted by molar-refractivity contribution is -0.125. The predicted octanol–water partition coefficient (Wildman–Crippen LogP) is 3.09. The topological polar surface area (TPSA) is 49.3 Å². The Morgan fingerprint density at radius 1 is 1.24 bits per heavy atom. The number of benzene rings is 1. The molecule has 2 unspecified atom stereocenters. The molecule has 0 saturated carbocycles. The van der Waals surface area contributed by atoms with Gasteiger partial charge in [0, 0.05) is 12.5 Å². The Bertz CT molecular complexity index is 449. The standard InChI is InChI=1S/C18H29NO2/c1-13-6-8-16(9-7-13)10-14(2)17(21)19-12-18(4,5)11-15(3)20/h6-9,14-15,20H,10-12H2,1-5H3,(H,19,21). The highest BCUT2D eigenvalue weighted by atomic mass is 16.3. The molecule has 0 saturated heterocycles. The minimum Gasteiger partial charge on any atom is -0.393 e. The van der Waals surface area contributed by atoms with Gasteiger partial charge in [-0.05, 0) is 37.7 Å². The second kappa shape index (κ2) is 7.60. The van der Waals surface area contributed by atoms with Gasteiger partial charge >= 0.3 is 0 Å². The molecule has 118 valence electrons. The van der Waals surface area contributed by atoms with Gasteiger partial charge in [-0.3, -0.25) is 4.79 Å². The van der Waals surface area contributed by atoms with E-state index in [9.17, 15) is 9.90 Å². The van der Waals surface area contributed by atoms with E-state index in [1.807, 2.05) is 6.92 Å². The van der Waals surface area contributed by atoms with Crippen molar-refractivity contribution in [2.24, 2.45) is 11.3 Å². The molecule has 0 aliphatic heterocycles. The quantitative estimate of drug-likeness (QED) is 0.811. The summed E-state index contributed by atoms with van der Waals surface area (Å²) in [6.07, 6.45) is 1.09. The first-order valence-corrected chi connectivity index (χ1v) is 7.71. The number of carbonyl (C=O) groups excluding carboxylic acids is 1. The number of aliphatic hydroxyl groups is 1. The number of amides is 1. The first-order valence-electron chi connectivity index (χ1n) is 7.71. The van der Waals surface area contributed by atoms with E-state index in [1.54, 1.807) is 6.92 Å². The maximum absolute atomic E-state index is 12.2. The van der Waals surface area contributed by atoms with Crippen molar-refractivity contribution in [1.29, 1.82) is 0 Å². The zero-order valence-corrected chi connectivity index (χ0v) is 13.9. The van der Waals surface area contributed by atoms with Crippen molar-refractivity contribution >= 4 is 5.91 Å². The number of aryl methyl sites for hydroxylation is 1. The molecule has 1 rings (SSSR count). The second-order valence-corrected chi connectivity index (χ2v) is 7.03. The van der Waals surface area contributed by atoms with Crippen LogP contribution in [0.4, 0.5) is 0 Å². The van der Waals surface area contributed by atoms with Gasteiger partial charge in [-0.15, -0.1) is 0 Å². The smallest absolute Gasteiger partial charge is 0.223 e. The van der Waals surface area contributed by atoms with Crippen LogP contribution in [0.5, 0.6) is 0 Å². The zero-order chi connectivity index (χ0) is 16.0. The summed E-state index contributed by atoms with van der Waals surface area (Å²) in [4.78, 5) is 12.2. The van der Waals surface area contributed by atoms with Crippen molar-refractivity contribution in [3.8, 4) is 0 Å². The molecule has 1 aromatic rings. The molecule has 1 aromatic carbocycles. The molecule has 0 radical (unpaired) electrons. The lowest BCUT2D eigenvalue weighted by atomic mass is 9.86. The van der Waals surface area contributed by atoms with Crippen LogP contribution in [0.1, 0.15) is 45.2 Å². The minimum atomic E-state index is -0.345. The van der Waals surface area contributed by atoms with Gasteiger partial charge < -0.3 is 10.4 Å². The van der Waals surface area contributed by atoms with Crippen molar-refractivity contribution in [3.05, 3.63) is 35.4 Å². The first-order chi connectivity index (χ1) is 9.69. The highest BCUT2D eigenvalue weighted by Gasteiger charge is 2.22. The highest BCUT2D eigenvalue weighted by Crippen LogP contribution is 2.21. The van der Waals surface area contributed by atoms with E-state index in [1.165, 1.54) is 11.1 Å². The first kappa shape index (κ1) is 17.7. The Morgan fingerprint density at radius 3 is 2.33 bits per heavy atom. The Kier molecular flexibility index (Phi) is 6.41. The van der Waals surface area contributed by atoms with Crippen molar-refractivity contribution in [1.82, 2.24) is 5.32 Å². The van der Waals surface area contributed by atoms with Gasteiger partial charge in [-0.25, -0.2) is 0 Å². The Labute approximate surface area is 128 Å². The number of hydrogen-bond acceptors (Lipinski definition) is 2. The van der Waals surface area contributed by atoms with Crippen LogP contribution in [0.15, 0.2) is 24.3 Å². The molecular formula is C18H29NO2. The minimum absolute atomic E-state index is 0.0462. The van der Waals surface area contributed by atoms with Crippen molar-refractivity contribution in [2.45, 2.75) is 53.6 Å². The molecule has 0 aromatic heterocycles. The van der Waals surface area contributed by atoms with E-state index in [4.69, 9.17) is 0 Å². The molecule has 2 atom stereocenters. The van der Waals surface area contributed by atoms with Gasteiger partial charge in [0.15, 0.2) is 0 Å². The van der Waals surface area contributed by atoms with E-state index in [-0.39, 0.29) is 23.3 Å². The Hall–Kier alpha value is -1.35. The molecule has 0 fully saturated rings. The largest absolute Gasteiger partial charge is 0.393 e. The molecule has 3 heteroatoms. The number of carbonyl (C=O) groups is 1. The van der Waals surface area contributed by atoms with Gasteiger partial charge in [0.05, 0.1) is 6.10 Å². The third-order valence-electron chi connectivity index (χ3n) is 3.70. The normalized spacial score (nSPS) is 14.6. The SMILES string of the molecule is Cc1ccc(CC(C)C(=O)NCC(C)(C)CC(C)O)cc1. The van der Waals surface area contributed by atoms with Crippen LogP contribution in [0.25, 0.3) is 0 Å². The molecule has 0 heterocycles. The summed E-state index contributed by atoms with van der Waals surface area (Å²) in [5.74, 6) is 0.0318. The van der Waals surface area contributed by atoms with E-state index in [0.717, 1.165) is 6.42 Å². The van der Waals surface area contributed by atoms with Crippen LogP contribution in [-0.4, -0.2) is 23.7 Å². The number of nitrogens with one attached hydrogen (secondary N) is 1. The van der Waals surface area contributed by atoms with Gasteiger partial charge in [0.2, 0.25) is 5.91 Å². The fourth-order valence-corrected chi connectivity index (χ4v) is 2.54. The van der Waals surface area contributed by atoms with Crippen molar-refractivity contribution in [2.75, 3.05) is 6.54 Å². The maximum atomic E-state index is 12.2. The van der Waals surface area contributed by atoms with Crippen molar-refractivity contribution < 1.29 is 9.90 Å². The molecule has 3 nitrogen and oxygen atoms in total. The van der Waals surface area contributed by atoms with Crippen LogP contribution >= 0.6 is 0 Å². The molecule has 0 bridgehead atoms. The third kappa shape index (κ3) is 6.76. The van der Waals surface area contributed by atoms with Crippen LogP contribution in [-0.2, 0) is 11.2 Å². The van der Waals surface area contributed by atoms with Gasteiger partial charge in [-0.1, -0.05) is 50.6 Å². The Balaban J connectivity index is 2.46. The summed E-state index contributed by atoms with van der Waals surface area (Å²) >= 11 is 0. The molecule has 0 aliphatic carbocycles. The number of hydrogen-bond donors (Lipinski definition) is 2. The molecule has 1 amide bonds. The average Bonchev–Trinajstić information content (AvgIpc) is 2.37. The van der Waals surface area contributed by atoms with Gasteiger partial charge in [0.25, 0.3) is 0 Å². The lowest BCUT2D eigenvalue weighted by Gasteiger charge is -2.27.